The van der Waals surface area contributed by atoms with Crippen LogP contribution >= 0.6 is 11.6 Å². The van der Waals surface area contributed by atoms with E-state index >= 15 is 0 Å². The SMILES string of the molecule is CCc1ccc(OCCNC(=O)/C(=C/c2ccccc2Cl)c2ccccc2)cc1. The maximum Gasteiger partial charge on any atom is 0.252 e. The maximum atomic E-state index is 12.9. The number of amides is 1. The van der Waals surface area contributed by atoms with Crippen LogP contribution in [0.25, 0.3) is 11.6 Å². The second-order valence-corrected chi connectivity index (χ2v) is 6.95. The number of rotatable bonds is 8. The Balaban J connectivity index is 1.66. The molecule has 4 heteroatoms. The average molecular weight is 406 g/mol. The van der Waals surface area contributed by atoms with Gasteiger partial charge in [0.15, 0.2) is 0 Å². The normalized spacial score (nSPS) is 11.2. The minimum absolute atomic E-state index is 0.166. The molecule has 0 aliphatic carbocycles. The second-order valence-electron chi connectivity index (χ2n) is 6.55. The fourth-order valence-corrected chi connectivity index (χ4v) is 3.09. The molecular formula is C25H24ClNO2. The topological polar surface area (TPSA) is 38.3 Å². The molecule has 0 aliphatic rings. The molecule has 0 atom stereocenters. The molecule has 3 nitrogen and oxygen atoms in total. The van der Waals surface area contributed by atoms with Crippen LogP contribution in [0.15, 0.2) is 78.9 Å². The van der Waals surface area contributed by atoms with Gasteiger partial charge in [0.05, 0.1) is 6.54 Å². The van der Waals surface area contributed by atoms with Crippen LogP contribution in [0.4, 0.5) is 0 Å². The molecule has 0 bridgehead atoms. The second kappa shape index (κ2) is 10.5. The van der Waals surface area contributed by atoms with E-state index in [0.29, 0.717) is 23.7 Å². The van der Waals surface area contributed by atoms with Crippen molar-refractivity contribution in [3.63, 3.8) is 0 Å². The Hall–Kier alpha value is -3.04. The van der Waals surface area contributed by atoms with Gasteiger partial charge >= 0.3 is 0 Å². The molecule has 0 aliphatic heterocycles. The Morgan fingerprint density at radius 1 is 0.966 bits per heavy atom. The number of hydrogen-bond acceptors (Lipinski definition) is 2. The zero-order valence-corrected chi connectivity index (χ0v) is 17.2. The standard InChI is InChI=1S/C25H24ClNO2/c1-2-19-12-14-22(15-13-19)29-17-16-27-25(28)23(20-8-4-3-5-9-20)18-21-10-6-7-11-24(21)26/h3-15,18H,2,16-17H2,1H3,(H,27,28)/b23-18+. The van der Waals surface area contributed by atoms with Crippen molar-refractivity contribution in [2.75, 3.05) is 13.2 Å². The summed E-state index contributed by atoms with van der Waals surface area (Å²) in [4.78, 5) is 12.9. The van der Waals surface area contributed by atoms with Crippen molar-refractivity contribution in [1.29, 1.82) is 0 Å². The van der Waals surface area contributed by atoms with Crippen molar-refractivity contribution < 1.29 is 9.53 Å². The van der Waals surface area contributed by atoms with Gasteiger partial charge in [0, 0.05) is 10.6 Å². The number of carbonyl (C=O) groups is 1. The van der Waals surface area contributed by atoms with E-state index in [4.69, 9.17) is 16.3 Å². The summed E-state index contributed by atoms with van der Waals surface area (Å²) < 4.78 is 5.72. The fraction of sp³-hybridized carbons (Fsp3) is 0.160. The first-order valence-electron chi connectivity index (χ1n) is 9.69. The lowest BCUT2D eigenvalue weighted by Gasteiger charge is -2.11. The van der Waals surface area contributed by atoms with Crippen LogP contribution in [-0.4, -0.2) is 19.1 Å². The number of aryl methyl sites for hydroxylation is 1. The number of benzene rings is 3. The molecule has 148 valence electrons. The van der Waals surface area contributed by atoms with Crippen LogP contribution in [0.2, 0.25) is 5.02 Å². The van der Waals surface area contributed by atoms with Gasteiger partial charge in [-0.25, -0.2) is 0 Å². The molecule has 3 aromatic rings. The van der Waals surface area contributed by atoms with Gasteiger partial charge in [-0.3, -0.25) is 4.79 Å². The summed E-state index contributed by atoms with van der Waals surface area (Å²) in [5, 5.41) is 3.54. The summed E-state index contributed by atoms with van der Waals surface area (Å²) in [6.45, 7) is 2.91. The zero-order valence-electron chi connectivity index (χ0n) is 16.4. The van der Waals surface area contributed by atoms with Gasteiger partial charge in [0.25, 0.3) is 5.91 Å². The molecular weight excluding hydrogens is 382 g/mol. The summed E-state index contributed by atoms with van der Waals surface area (Å²) in [6, 6.07) is 25.0. The number of halogens is 1. The molecule has 0 heterocycles. The molecule has 0 aromatic heterocycles. The Labute approximate surface area is 177 Å². The summed E-state index contributed by atoms with van der Waals surface area (Å²) in [6.07, 6.45) is 2.81. The molecule has 0 radical (unpaired) electrons. The lowest BCUT2D eigenvalue weighted by Crippen LogP contribution is -2.28. The van der Waals surface area contributed by atoms with Crippen molar-refractivity contribution in [3.8, 4) is 5.75 Å². The van der Waals surface area contributed by atoms with E-state index in [0.717, 1.165) is 23.3 Å². The van der Waals surface area contributed by atoms with E-state index in [9.17, 15) is 4.79 Å². The first-order chi connectivity index (χ1) is 14.2. The van der Waals surface area contributed by atoms with Crippen molar-refractivity contribution >= 4 is 29.2 Å². The van der Waals surface area contributed by atoms with Crippen LogP contribution in [-0.2, 0) is 11.2 Å². The average Bonchev–Trinajstić information content (AvgIpc) is 2.77. The molecule has 0 unspecified atom stereocenters. The van der Waals surface area contributed by atoms with E-state index in [2.05, 4.69) is 12.2 Å². The zero-order chi connectivity index (χ0) is 20.5. The molecule has 0 spiro atoms. The quantitative estimate of drug-likeness (QED) is 0.299. The number of carbonyl (C=O) groups excluding carboxylic acids is 1. The van der Waals surface area contributed by atoms with Gasteiger partial charge in [-0.15, -0.1) is 0 Å². The lowest BCUT2D eigenvalue weighted by molar-refractivity contribution is -0.115. The minimum Gasteiger partial charge on any atom is -0.492 e. The number of hydrogen-bond donors (Lipinski definition) is 1. The highest BCUT2D eigenvalue weighted by molar-refractivity contribution is 6.33. The molecule has 0 saturated heterocycles. The Morgan fingerprint density at radius 2 is 1.66 bits per heavy atom. The monoisotopic (exact) mass is 405 g/mol. The van der Waals surface area contributed by atoms with Crippen molar-refractivity contribution in [3.05, 3.63) is 101 Å². The fourth-order valence-electron chi connectivity index (χ4n) is 2.90. The smallest absolute Gasteiger partial charge is 0.252 e. The van der Waals surface area contributed by atoms with Crippen molar-refractivity contribution in [1.82, 2.24) is 5.32 Å². The minimum atomic E-state index is -0.166. The third-order valence-electron chi connectivity index (χ3n) is 4.52. The summed E-state index contributed by atoms with van der Waals surface area (Å²) in [5.74, 6) is 0.632. The van der Waals surface area contributed by atoms with E-state index in [1.807, 2.05) is 84.9 Å². The van der Waals surface area contributed by atoms with Gasteiger partial charge < -0.3 is 10.1 Å². The predicted octanol–water partition coefficient (Wildman–Crippen LogP) is 5.64. The summed E-state index contributed by atoms with van der Waals surface area (Å²) >= 11 is 6.28. The van der Waals surface area contributed by atoms with Gasteiger partial charge in [0.1, 0.15) is 12.4 Å². The van der Waals surface area contributed by atoms with Crippen LogP contribution in [0.3, 0.4) is 0 Å². The van der Waals surface area contributed by atoms with Crippen molar-refractivity contribution in [2.45, 2.75) is 13.3 Å². The first-order valence-corrected chi connectivity index (χ1v) is 10.1. The van der Waals surface area contributed by atoms with Gasteiger partial charge in [-0.05, 0) is 47.4 Å². The van der Waals surface area contributed by atoms with Gasteiger partial charge in [0.2, 0.25) is 0 Å². The molecule has 0 saturated carbocycles. The molecule has 3 rings (SSSR count). The Morgan fingerprint density at radius 3 is 2.34 bits per heavy atom. The van der Waals surface area contributed by atoms with E-state index < -0.39 is 0 Å². The van der Waals surface area contributed by atoms with Crippen LogP contribution < -0.4 is 10.1 Å². The summed E-state index contributed by atoms with van der Waals surface area (Å²) in [7, 11) is 0. The molecule has 29 heavy (non-hydrogen) atoms. The van der Waals surface area contributed by atoms with E-state index in [1.165, 1.54) is 5.56 Å². The van der Waals surface area contributed by atoms with Crippen molar-refractivity contribution in [2.24, 2.45) is 0 Å². The van der Waals surface area contributed by atoms with Gasteiger partial charge in [-0.2, -0.15) is 0 Å². The molecule has 1 N–H and O–H groups in total. The Kier molecular flexibility index (Phi) is 7.48. The Bertz CT molecular complexity index is 966. The number of nitrogens with one attached hydrogen (secondary N) is 1. The third kappa shape index (κ3) is 5.97. The predicted molar refractivity (Wildman–Crippen MR) is 120 cm³/mol. The third-order valence-corrected chi connectivity index (χ3v) is 4.87. The highest BCUT2D eigenvalue weighted by Gasteiger charge is 2.12. The highest BCUT2D eigenvalue weighted by Crippen LogP contribution is 2.23. The number of ether oxygens (including phenoxy) is 1. The van der Waals surface area contributed by atoms with Gasteiger partial charge in [-0.1, -0.05) is 79.2 Å². The van der Waals surface area contributed by atoms with Crippen LogP contribution in [0.1, 0.15) is 23.6 Å². The lowest BCUT2D eigenvalue weighted by atomic mass is 10.0. The molecule has 3 aromatic carbocycles. The summed E-state index contributed by atoms with van der Waals surface area (Å²) in [5.41, 5.74) is 3.46. The van der Waals surface area contributed by atoms with Crippen LogP contribution in [0, 0.1) is 0 Å². The van der Waals surface area contributed by atoms with E-state index in [1.54, 1.807) is 0 Å². The van der Waals surface area contributed by atoms with Crippen LogP contribution in [0.5, 0.6) is 5.75 Å². The largest absolute Gasteiger partial charge is 0.492 e. The molecule has 0 fully saturated rings. The first kappa shape index (κ1) is 20.7. The maximum absolute atomic E-state index is 12.9. The van der Waals surface area contributed by atoms with E-state index in [-0.39, 0.29) is 5.91 Å². The molecule has 1 amide bonds. The highest BCUT2D eigenvalue weighted by atomic mass is 35.5.